The van der Waals surface area contributed by atoms with Gasteiger partial charge in [0.05, 0.1) is 20.3 Å². The number of urea groups is 1. The van der Waals surface area contributed by atoms with Crippen molar-refractivity contribution in [3.63, 3.8) is 0 Å². The number of methoxy groups -OCH3 is 1. The van der Waals surface area contributed by atoms with Gasteiger partial charge in [0.15, 0.2) is 0 Å². The van der Waals surface area contributed by atoms with E-state index >= 15 is 0 Å². The SMILES string of the molecule is CCOP(=O)(CN(CC(C)C)C(=O)N1Cc2ccc(Cl)cc2CC1C(=O)OC)OCC. The third kappa shape index (κ3) is 6.69. The van der Waals surface area contributed by atoms with E-state index in [2.05, 4.69) is 0 Å². The maximum Gasteiger partial charge on any atom is 0.349 e. The topological polar surface area (TPSA) is 85.4 Å². The van der Waals surface area contributed by atoms with Gasteiger partial charge in [0.2, 0.25) is 0 Å². The zero-order chi connectivity index (χ0) is 23.2. The molecule has 0 saturated heterocycles. The van der Waals surface area contributed by atoms with E-state index < -0.39 is 25.6 Å². The second-order valence-electron chi connectivity index (χ2n) is 7.77. The lowest BCUT2D eigenvalue weighted by Gasteiger charge is -2.39. The minimum atomic E-state index is -3.51. The highest BCUT2D eigenvalue weighted by Gasteiger charge is 2.40. The number of halogens is 1. The summed E-state index contributed by atoms with van der Waals surface area (Å²) in [6.45, 7) is 8.30. The number of esters is 1. The Morgan fingerprint density at radius 2 is 1.87 bits per heavy atom. The molecule has 1 aromatic carbocycles. The van der Waals surface area contributed by atoms with E-state index in [9.17, 15) is 14.2 Å². The molecule has 0 radical (unpaired) electrons. The molecule has 0 bridgehead atoms. The van der Waals surface area contributed by atoms with Crippen LogP contribution in [0.15, 0.2) is 18.2 Å². The molecular formula is C21H32ClN2O6P. The van der Waals surface area contributed by atoms with Crippen molar-refractivity contribution >= 4 is 31.2 Å². The Kier molecular flexibility index (Phi) is 9.37. The first-order valence-corrected chi connectivity index (χ1v) is 12.5. The van der Waals surface area contributed by atoms with Gasteiger partial charge in [-0.25, -0.2) is 9.59 Å². The number of ether oxygens (including phenoxy) is 1. The molecule has 0 spiro atoms. The van der Waals surface area contributed by atoms with Crippen LogP contribution in [-0.4, -0.2) is 61.0 Å². The Hall–Kier alpha value is -1.60. The zero-order valence-electron chi connectivity index (χ0n) is 18.8. The van der Waals surface area contributed by atoms with E-state index in [4.69, 9.17) is 25.4 Å². The third-order valence-electron chi connectivity index (χ3n) is 4.87. The molecular weight excluding hydrogens is 443 g/mol. The molecule has 1 heterocycles. The lowest BCUT2D eigenvalue weighted by atomic mass is 9.94. The van der Waals surface area contributed by atoms with E-state index in [1.54, 1.807) is 26.0 Å². The summed E-state index contributed by atoms with van der Waals surface area (Å²) in [6.07, 6.45) is 0.0992. The van der Waals surface area contributed by atoms with Gasteiger partial charge < -0.3 is 23.6 Å². The second kappa shape index (κ2) is 11.3. The van der Waals surface area contributed by atoms with Crippen molar-refractivity contribution in [2.24, 2.45) is 5.92 Å². The molecule has 0 aliphatic carbocycles. The van der Waals surface area contributed by atoms with Crippen molar-refractivity contribution < 1.29 is 27.9 Å². The van der Waals surface area contributed by atoms with Crippen molar-refractivity contribution in [1.82, 2.24) is 9.80 Å². The third-order valence-corrected chi connectivity index (χ3v) is 7.10. The van der Waals surface area contributed by atoms with Crippen LogP contribution in [0.3, 0.4) is 0 Å². The average Bonchev–Trinajstić information content (AvgIpc) is 2.71. The molecule has 0 fully saturated rings. The molecule has 174 valence electrons. The molecule has 1 aromatic rings. The zero-order valence-corrected chi connectivity index (χ0v) is 20.4. The van der Waals surface area contributed by atoms with Gasteiger partial charge in [-0.3, -0.25) is 4.57 Å². The van der Waals surface area contributed by atoms with Gasteiger partial charge in [-0.05, 0) is 43.0 Å². The summed E-state index contributed by atoms with van der Waals surface area (Å²) in [5.41, 5.74) is 1.80. The van der Waals surface area contributed by atoms with E-state index in [1.165, 1.54) is 16.9 Å². The second-order valence-corrected chi connectivity index (χ2v) is 10.2. The number of rotatable bonds is 9. The summed E-state index contributed by atoms with van der Waals surface area (Å²) < 4.78 is 28.9. The van der Waals surface area contributed by atoms with Gasteiger partial charge in [-0.1, -0.05) is 31.5 Å². The van der Waals surface area contributed by atoms with Crippen LogP contribution in [0.2, 0.25) is 5.02 Å². The largest absolute Gasteiger partial charge is 0.467 e. The monoisotopic (exact) mass is 474 g/mol. The summed E-state index contributed by atoms with van der Waals surface area (Å²) >= 11 is 6.11. The fourth-order valence-electron chi connectivity index (χ4n) is 3.64. The number of nitrogens with zero attached hydrogens (tertiary/aromatic N) is 2. The quantitative estimate of drug-likeness (QED) is 0.386. The molecule has 8 nitrogen and oxygen atoms in total. The van der Waals surface area contributed by atoms with Crippen LogP contribution in [0.4, 0.5) is 4.79 Å². The highest BCUT2D eigenvalue weighted by Crippen LogP contribution is 2.48. The minimum Gasteiger partial charge on any atom is -0.467 e. The standard InChI is InChI=1S/C21H32ClN2O6P/c1-6-29-31(27,30-7-2)14-23(12-15(3)4)21(26)24-13-16-8-9-18(22)10-17(16)11-19(24)20(25)28-5/h8-10,15,19H,6-7,11-14H2,1-5H3. The Bertz CT molecular complexity index is 824. The van der Waals surface area contributed by atoms with Gasteiger partial charge in [-0.15, -0.1) is 0 Å². The number of benzene rings is 1. The maximum absolute atomic E-state index is 13.6. The van der Waals surface area contributed by atoms with Crippen molar-refractivity contribution in [3.05, 3.63) is 34.3 Å². The molecule has 1 aliphatic rings. The summed E-state index contributed by atoms with van der Waals surface area (Å²) in [7, 11) is -2.22. The van der Waals surface area contributed by atoms with Gasteiger partial charge >= 0.3 is 19.6 Å². The minimum absolute atomic E-state index is 0.105. The van der Waals surface area contributed by atoms with Gasteiger partial charge in [0.25, 0.3) is 0 Å². The number of fused-ring (bicyclic) bond motifs is 1. The van der Waals surface area contributed by atoms with Crippen LogP contribution in [0.1, 0.15) is 38.8 Å². The maximum atomic E-state index is 13.6. The fourth-order valence-corrected chi connectivity index (χ4v) is 5.51. The average molecular weight is 475 g/mol. The molecule has 2 rings (SSSR count). The smallest absolute Gasteiger partial charge is 0.349 e. The Balaban J connectivity index is 2.38. The van der Waals surface area contributed by atoms with Crippen LogP contribution in [0.25, 0.3) is 0 Å². The molecule has 0 aromatic heterocycles. The molecule has 1 atom stereocenters. The first kappa shape index (κ1) is 25.7. The Morgan fingerprint density at radius 3 is 2.42 bits per heavy atom. The number of hydrogen-bond donors (Lipinski definition) is 0. The van der Waals surface area contributed by atoms with Crippen molar-refractivity contribution in [3.8, 4) is 0 Å². The molecule has 10 heteroatoms. The van der Waals surface area contributed by atoms with E-state index in [0.717, 1.165) is 11.1 Å². The first-order valence-electron chi connectivity index (χ1n) is 10.4. The van der Waals surface area contributed by atoms with Gasteiger partial charge in [-0.2, -0.15) is 0 Å². The summed E-state index contributed by atoms with van der Waals surface area (Å²) in [5.74, 6) is -0.408. The van der Waals surface area contributed by atoms with Crippen molar-refractivity contribution in [2.45, 2.75) is 46.7 Å². The number of hydrogen-bond acceptors (Lipinski definition) is 6. The molecule has 0 saturated carbocycles. The predicted octanol–water partition coefficient (Wildman–Crippen LogP) is 4.54. The highest BCUT2D eigenvalue weighted by atomic mass is 35.5. The predicted molar refractivity (Wildman–Crippen MR) is 119 cm³/mol. The molecule has 0 N–H and O–H groups in total. The fraction of sp³-hybridized carbons (Fsp3) is 0.619. The van der Waals surface area contributed by atoms with Crippen LogP contribution in [0, 0.1) is 5.92 Å². The number of carbonyl (C=O) groups excluding carboxylic acids is 2. The molecule has 1 unspecified atom stereocenters. The molecule has 31 heavy (non-hydrogen) atoms. The summed E-state index contributed by atoms with van der Waals surface area (Å²) in [5, 5.41) is 0.568. The van der Waals surface area contributed by atoms with Crippen molar-refractivity contribution in [2.75, 3.05) is 33.2 Å². The normalized spacial score (nSPS) is 16.2. The van der Waals surface area contributed by atoms with Crippen LogP contribution in [-0.2, 0) is 36.1 Å². The Labute approximate surface area is 189 Å². The lowest BCUT2D eigenvalue weighted by Crippen LogP contribution is -2.54. The number of amides is 2. The first-order chi connectivity index (χ1) is 14.6. The van der Waals surface area contributed by atoms with E-state index in [-0.39, 0.29) is 32.0 Å². The number of carbonyl (C=O) groups is 2. The van der Waals surface area contributed by atoms with Crippen molar-refractivity contribution in [1.29, 1.82) is 0 Å². The van der Waals surface area contributed by atoms with Crippen LogP contribution < -0.4 is 0 Å². The molecule has 1 aliphatic heterocycles. The summed E-state index contributed by atoms with van der Waals surface area (Å²) in [4.78, 5) is 29.1. The Morgan fingerprint density at radius 1 is 1.23 bits per heavy atom. The van der Waals surface area contributed by atoms with E-state index in [1.807, 2.05) is 19.9 Å². The highest BCUT2D eigenvalue weighted by molar-refractivity contribution is 7.53. The lowest BCUT2D eigenvalue weighted by molar-refractivity contribution is -0.146. The summed E-state index contributed by atoms with van der Waals surface area (Å²) in [6, 6.07) is 4.19. The van der Waals surface area contributed by atoms with Crippen LogP contribution in [0.5, 0.6) is 0 Å². The molecule has 2 amide bonds. The van der Waals surface area contributed by atoms with Crippen LogP contribution >= 0.6 is 19.2 Å². The van der Waals surface area contributed by atoms with E-state index in [0.29, 0.717) is 18.0 Å². The van der Waals surface area contributed by atoms with Gasteiger partial charge in [0, 0.05) is 24.5 Å². The van der Waals surface area contributed by atoms with Gasteiger partial charge in [0.1, 0.15) is 12.3 Å².